The second kappa shape index (κ2) is 3.98. The summed E-state index contributed by atoms with van der Waals surface area (Å²) in [6.45, 7) is 3.01. The van der Waals surface area contributed by atoms with Crippen LogP contribution in [0.25, 0.3) is 0 Å². The predicted octanol–water partition coefficient (Wildman–Crippen LogP) is 1.13. The number of hydrogen-bond donors (Lipinski definition) is 0. The second-order valence-electron chi connectivity index (χ2n) is 1.09. The molecular formula is C3H8O5P. The first-order valence-electron chi connectivity index (χ1n) is 2.01. The molecule has 0 aliphatic rings. The third kappa shape index (κ3) is 4.57. The summed E-state index contributed by atoms with van der Waals surface area (Å²) >= 11 is 0. The van der Waals surface area contributed by atoms with Crippen LogP contribution in [0.3, 0.4) is 0 Å². The van der Waals surface area contributed by atoms with E-state index in [1.807, 2.05) is 0 Å². The molecule has 9 heavy (non-hydrogen) atoms. The summed E-state index contributed by atoms with van der Waals surface area (Å²) < 4.78 is 18.7. The highest BCUT2D eigenvalue weighted by Gasteiger charge is 2.18. The minimum absolute atomic E-state index is 1.19. The lowest BCUT2D eigenvalue weighted by Gasteiger charge is -2.06. The molecule has 0 aromatic rings. The molecule has 5 nitrogen and oxygen atoms in total. The second-order valence-corrected chi connectivity index (χ2v) is 2.61. The van der Waals surface area contributed by atoms with Crippen molar-refractivity contribution in [2.24, 2.45) is 0 Å². The van der Waals surface area contributed by atoms with E-state index in [1.54, 1.807) is 0 Å². The lowest BCUT2D eigenvalue weighted by Crippen LogP contribution is -1.89. The van der Waals surface area contributed by atoms with E-state index in [1.165, 1.54) is 14.2 Å². The molecule has 0 spiro atoms. The highest BCUT2D eigenvalue weighted by atomic mass is 31.2. The van der Waals surface area contributed by atoms with Gasteiger partial charge in [0.1, 0.15) is 0 Å². The van der Waals surface area contributed by atoms with E-state index < -0.39 is 7.60 Å². The van der Waals surface area contributed by atoms with Gasteiger partial charge in [0.15, 0.2) is 0 Å². The lowest BCUT2D eigenvalue weighted by atomic mass is 11.8. The molecular weight excluding hydrogens is 147 g/mol. The van der Waals surface area contributed by atoms with Crippen molar-refractivity contribution in [1.29, 1.82) is 0 Å². The van der Waals surface area contributed by atoms with Gasteiger partial charge in [0.25, 0.3) is 0 Å². The van der Waals surface area contributed by atoms with Gasteiger partial charge in [-0.25, -0.2) is 9.78 Å². The summed E-state index contributed by atoms with van der Waals surface area (Å²) in [5.41, 5.74) is 0. The summed E-state index contributed by atoms with van der Waals surface area (Å²) in [6, 6.07) is 0. The van der Waals surface area contributed by atoms with E-state index in [2.05, 4.69) is 25.8 Å². The van der Waals surface area contributed by atoms with Gasteiger partial charge < -0.3 is 0 Å². The average Bonchev–Trinajstić information content (AvgIpc) is 1.64. The largest absolute Gasteiger partial charge is 0.385 e. The SMILES string of the molecule is [CH2]P(=O)(OOC)OOC. The first kappa shape index (κ1) is 9.07. The topological polar surface area (TPSA) is 54.0 Å². The maximum absolute atomic E-state index is 10.6. The summed E-state index contributed by atoms with van der Waals surface area (Å²) in [7, 11) is -1.00. The van der Waals surface area contributed by atoms with E-state index in [0.717, 1.165) is 0 Å². The van der Waals surface area contributed by atoms with E-state index in [0.29, 0.717) is 0 Å². The smallest absolute Gasteiger partial charge is 0.255 e. The molecule has 0 aliphatic heterocycles. The van der Waals surface area contributed by atoms with Crippen LogP contribution in [-0.2, 0) is 23.7 Å². The Bertz CT molecular complexity index is 103. The van der Waals surface area contributed by atoms with Crippen LogP contribution in [0.4, 0.5) is 0 Å². The molecule has 55 valence electrons. The molecule has 0 bridgehead atoms. The molecule has 0 N–H and O–H groups in total. The Morgan fingerprint density at radius 1 is 1.22 bits per heavy atom. The normalized spacial score (nSPS) is 11.9. The monoisotopic (exact) mass is 155 g/mol. The van der Waals surface area contributed by atoms with Gasteiger partial charge in [-0.3, -0.25) is 4.57 Å². The molecule has 0 atom stereocenters. The molecule has 0 saturated heterocycles. The van der Waals surface area contributed by atoms with Gasteiger partial charge in [-0.2, -0.15) is 0 Å². The van der Waals surface area contributed by atoms with Gasteiger partial charge >= 0.3 is 7.60 Å². The maximum atomic E-state index is 10.6. The molecule has 0 aromatic carbocycles. The quantitative estimate of drug-likeness (QED) is 0.346. The first-order valence-corrected chi connectivity index (χ1v) is 3.74. The molecule has 0 unspecified atom stereocenters. The Morgan fingerprint density at radius 3 is 1.78 bits per heavy atom. The van der Waals surface area contributed by atoms with Crippen molar-refractivity contribution in [3.8, 4) is 0 Å². The summed E-state index contributed by atoms with van der Waals surface area (Å²) in [4.78, 5) is 8.06. The Labute approximate surface area is 53.2 Å². The van der Waals surface area contributed by atoms with Crippen LogP contribution in [0.15, 0.2) is 0 Å². The van der Waals surface area contributed by atoms with Gasteiger partial charge in [0.05, 0.1) is 20.9 Å². The fourth-order valence-electron chi connectivity index (χ4n) is 0.240. The van der Waals surface area contributed by atoms with Crippen LogP contribution >= 0.6 is 7.60 Å². The van der Waals surface area contributed by atoms with E-state index in [-0.39, 0.29) is 0 Å². The zero-order chi connectivity index (χ0) is 7.33. The van der Waals surface area contributed by atoms with Crippen molar-refractivity contribution in [1.82, 2.24) is 0 Å². The fourth-order valence-corrected chi connectivity index (χ4v) is 0.719. The van der Waals surface area contributed by atoms with E-state index in [4.69, 9.17) is 0 Å². The van der Waals surface area contributed by atoms with Crippen LogP contribution in [0.1, 0.15) is 0 Å². The molecule has 1 radical (unpaired) electrons. The van der Waals surface area contributed by atoms with Crippen molar-refractivity contribution in [2.75, 3.05) is 14.2 Å². The van der Waals surface area contributed by atoms with E-state index in [9.17, 15) is 4.57 Å². The van der Waals surface area contributed by atoms with Crippen molar-refractivity contribution in [2.45, 2.75) is 0 Å². The van der Waals surface area contributed by atoms with Crippen molar-refractivity contribution in [3.63, 3.8) is 0 Å². The Balaban J connectivity index is 3.58. The van der Waals surface area contributed by atoms with Crippen LogP contribution in [0.2, 0.25) is 0 Å². The highest BCUT2D eigenvalue weighted by molar-refractivity contribution is 7.54. The van der Waals surface area contributed by atoms with Crippen LogP contribution < -0.4 is 0 Å². The Kier molecular flexibility index (Phi) is 4.01. The highest BCUT2D eigenvalue weighted by Crippen LogP contribution is 2.45. The zero-order valence-electron chi connectivity index (χ0n) is 5.20. The van der Waals surface area contributed by atoms with Crippen molar-refractivity contribution >= 4 is 7.60 Å². The minimum atomic E-state index is -3.39. The summed E-state index contributed by atoms with van der Waals surface area (Å²) in [6.07, 6.45) is 0. The zero-order valence-corrected chi connectivity index (χ0v) is 6.09. The molecule has 0 saturated carbocycles. The molecule has 0 amide bonds. The molecule has 0 rings (SSSR count). The Hall–Kier alpha value is 0.0700. The molecule has 0 aliphatic carbocycles. The Morgan fingerprint density at radius 2 is 1.56 bits per heavy atom. The standard InChI is InChI=1S/C3H8O5P/c1-5-7-9(3,4)8-6-2/h3H2,1-2H3. The number of rotatable bonds is 4. The third-order valence-corrected chi connectivity index (χ3v) is 1.13. The molecule has 0 aromatic heterocycles. The number of hydrogen-bond acceptors (Lipinski definition) is 5. The van der Waals surface area contributed by atoms with Gasteiger partial charge in [-0.05, 0) is 0 Å². The predicted molar refractivity (Wildman–Crippen MR) is 29.2 cm³/mol. The molecule has 0 heterocycles. The fraction of sp³-hybridized carbons (Fsp3) is 0.667. The molecule has 6 heteroatoms. The first-order chi connectivity index (χ1) is 4.12. The third-order valence-electron chi connectivity index (χ3n) is 0.376. The van der Waals surface area contributed by atoms with Crippen molar-refractivity contribution in [3.05, 3.63) is 6.66 Å². The van der Waals surface area contributed by atoms with Crippen LogP contribution in [-0.4, -0.2) is 14.2 Å². The average molecular weight is 155 g/mol. The summed E-state index contributed by atoms with van der Waals surface area (Å²) in [5, 5.41) is 0. The molecule has 0 fully saturated rings. The van der Waals surface area contributed by atoms with Gasteiger partial charge in [0, 0.05) is 0 Å². The summed E-state index contributed by atoms with van der Waals surface area (Å²) in [5.74, 6) is 0. The van der Waals surface area contributed by atoms with Crippen LogP contribution in [0.5, 0.6) is 0 Å². The van der Waals surface area contributed by atoms with E-state index >= 15 is 0 Å². The van der Waals surface area contributed by atoms with Gasteiger partial charge in [-0.15, -0.1) is 9.35 Å². The maximum Gasteiger partial charge on any atom is 0.385 e. The van der Waals surface area contributed by atoms with Gasteiger partial charge in [0.2, 0.25) is 0 Å². The lowest BCUT2D eigenvalue weighted by molar-refractivity contribution is -0.239. The van der Waals surface area contributed by atoms with Gasteiger partial charge in [-0.1, -0.05) is 0 Å². The van der Waals surface area contributed by atoms with Crippen LogP contribution in [0, 0.1) is 6.66 Å². The minimum Gasteiger partial charge on any atom is -0.255 e. The van der Waals surface area contributed by atoms with Crippen molar-refractivity contribution < 1.29 is 23.7 Å².